The summed E-state index contributed by atoms with van der Waals surface area (Å²) in [4.78, 5) is 16.0. The van der Waals surface area contributed by atoms with Gasteiger partial charge < -0.3 is 9.47 Å². The molecule has 4 nitrogen and oxygen atoms in total. The fraction of sp³-hybridized carbons (Fsp3) is 0.606. The van der Waals surface area contributed by atoms with Crippen LogP contribution in [0.15, 0.2) is 48.5 Å². The Morgan fingerprint density at radius 1 is 1.00 bits per heavy atom. The van der Waals surface area contributed by atoms with Crippen molar-refractivity contribution < 1.29 is 14.3 Å². The average molecular weight is 502 g/mol. The van der Waals surface area contributed by atoms with Gasteiger partial charge in [-0.05, 0) is 81.0 Å². The number of piperidine rings is 1. The van der Waals surface area contributed by atoms with Crippen molar-refractivity contribution in [1.82, 2.24) is 4.90 Å². The van der Waals surface area contributed by atoms with Crippen LogP contribution in [0.5, 0.6) is 5.75 Å². The number of nitrogens with zero attached hydrogens (tertiary/aromatic N) is 1. The Morgan fingerprint density at radius 2 is 1.86 bits per heavy atom. The molecule has 0 spiro atoms. The number of carbonyl (C=O) groups excluding carboxylic acids is 1. The summed E-state index contributed by atoms with van der Waals surface area (Å²) in [6.45, 7) is 5.93. The lowest BCUT2D eigenvalue weighted by molar-refractivity contribution is -0.201. The molecule has 2 aromatic carbocycles. The smallest absolute Gasteiger partial charge is 0.134 e. The summed E-state index contributed by atoms with van der Waals surface area (Å²) in [7, 11) is 0. The number of likely N-dealkylation sites (tertiary alicyclic amines) is 1. The Kier molecular flexibility index (Phi) is 7.15. The number of carbonyl (C=O) groups is 1. The number of aryl methyl sites for hydroxylation is 1. The number of ketones is 1. The average Bonchev–Trinajstić information content (AvgIpc) is 3.73. The third-order valence-electron chi connectivity index (χ3n) is 9.65. The molecule has 6 rings (SSSR count). The van der Waals surface area contributed by atoms with Crippen LogP contribution in [0.1, 0.15) is 81.4 Å². The van der Waals surface area contributed by atoms with E-state index in [0.29, 0.717) is 24.7 Å². The molecule has 2 saturated carbocycles. The highest BCUT2D eigenvalue weighted by Gasteiger charge is 2.67. The molecule has 2 bridgehead atoms. The maximum Gasteiger partial charge on any atom is 0.134 e. The zero-order valence-electron chi connectivity index (χ0n) is 22.6. The molecule has 0 amide bonds. The summed E-state index contributed by atoms with van der Waals surface area (Å²) in [5.74, 6) is 2.25. The van der Waals surface area contributed by atoms with Crippen molar-refractivity contribution in [2.75, 3.05) is 26.3 Å². The van der Waals surface area contributed by atoms with E-state index in [1.807, 2.05) is 0 Å². The van der Waals surface area contributed by atoms with Crippen molar-refractivity contribution in [3.63, 3.8) is 0 Å². The van der Waals surface area contributed by atoms with Gasteiger partial charge in [0, 0.05) is 43.0 Å². The Morgan fingerprint density at radius 3 is 2.68 bits per heavy atom. The second-order valence-corrected chi connectivity index (χ2v) is 12.0. The van der Waals surface area contributed by atoms with Crippen molar-refractivity contribution in [2.24, 2.45) is 5.92 Å². The maximum atomic E-state index is 13.2. The van der Waals surface area contributed by atoms with Gasteiger partial charge in [0.15, 0.2) is 0 Å². The molecular weight excluding hydrogens is 458 g/mol. The van der Waals surface area contributed by atoms with E-state index in [9.17, 15) is 4.79 Å². The minimum Gasteiger partial charge on any atom is -0.493 e. The molecule has 1 heterocycles. The summed E-state index contributed by atoms with van der Waals surface area (Å²) >= 11 is 0. The van der Waals surface area contributed by atoms with Crippen LogP contribution < -0.4 is 4.74 Å². The number of rotatable bonds is 11. The molecule has 4 heteroatoms. The number of Topliss-reactive ketones (excluding diaryl/α,β-unsaturated/α-hetero) is 1. The van der Waals surface area contributed by atoms with Gasteiger partial charge in [0.1, 0.15) is 11.5 Å². The molecule has 37 heavy (non-hydrogen) atoms. The van der Waals surface area contributed by atoms with Crippen LogP contribution in [0.2, 0.25) is 0 Å². The topological polar surface area (TPSA) is 38.8 Å². The largest absolute Gasteiger partial charge is 0.493 e. The Hall–Kier alpha value is -2.17. The molecule has 3 fully saturated rings. The molecule has 3 aliphatic carbocycles. The van der Waals surface area contributed by atoms with Crippen LogP contribution in [-0.4, -0.2) is 48.6 Å². The molecule has 0 radical (unpaired) electrons. The highest BCUT2D eigenvalue weighted by atomic mass is 16.5. The van der Waals surface area contributed by atoms with E-state index >= 15 is 0 Å². The zero-order valence-corrected chi connectivity index (χ0v) is 22.6. The molecule has 1 unspecified atom stereocenters. The highest BCUT2D eigenvalue weighted by molar-refractivity contribution is 5.83. The van der Waals surface area contributed by atoms with Gasteiger partial charge in [-0.15, -0.1) is 0 Å². The van der Waals surface area contributed by atoms with E-state index in [-0.39, 0.29) is 11.0 Å². The molecule has 0 N–H and O–H groups in total. The summed E-state index contributed by atoms with van der Waals surface area (Å²) < 4.78 is 13.7. The molecule has 2 aromatic rings. The number of fused-ring (bicyclic) bond motifs is 1. The van der Waals surface area contributed by atoms with E-state index in [0.717, 1.165) is 76.4 Å². The van der Waals surface area contributed by atoms with Crippen LogP contribution in [-0.2, 0) is 27.8 Å². The lowest BCUT2D eigenvalue weighted by Gasteiger charge is -2.65. The molecule has 4 aliphatic rings. The minimum atomic E-state index is -0.318. The van der Waals surface area contributed by atoms with Crippen LogP contribution in [0.4, 0.5) is 0 Å². The van der Waals surface area contributed by atoms with E-state index in [4.69, 9.17) is 9.47 Å². The fourth-order valence-corrected chi connectivity index (χ4v) is 7.71. The van der Waals surface area contributed by atoms with E-state index in [2.05, 4.69) is 60.4 Å². The predicted molar refractivity (Wildman–Crippen MR) is 147 cm³/mol. The van der Waals surface area contributed by atoms with E-state index in [1.165, 1.54) is 36.1 Å². The van der Waals surface area contributed by atoms with Crippen molar-refractivity contribution in [1.29, 1.82) is 0 Å². The van der Waals surface area contributed by atoms with Crippen molar-refractivity contribution in [3.8, 4) is 5.75 Å². The van der Waals surface area contributed by atoms with Crippen LogP contribution >= 0.6 is 0 Å². The predicted octanol–water partition coefficient (Wildman–Crippen LogP) is 6.28. The van der Waals surface area contributed by atoms with Crippen molar-refractivity contribution in [3.05, 3.63) is 65.2 Å². The molecule has 1 aliphatic heterocycles. The monoisotopic (exact) mass is 501 g/mol. The van der Waals surface area contributed by atoms with Gasteiger partial charge in [0.25, 0.3) is 0 Å². The van der Waals surface area contributed by atoms with Gasteiger partial charge in [-0.1, -0.05) is 55.8 Å². The fourth-order valence-electron chi connectivity index (χ4n) is 7.71. The number of benzene rings is 2. The standard InChI is InChI=1S/C33H43NO3/c1-2-3-20-36-29-13-7-12-27-22-30-33(37-21-8-11-25-9-5-4-6-10-25)17-16-28(35)23-32(33,31(27)29)18-19-34(30)24-26-14-15-26/h4-7,9-10,12-13,26,30H,2-3,8,11,14-24H2,1H3/t30?,32-,33+/m0/s1. The van der Waals surface area contributed by atoms with Crippen LogP contribution in [0.25, 0.3) is 0 Å². The van der Waals surface area contributed by atoms with Gasteiger partial charge in [0.05, 0.1) is 12.2 Å². The summed E-state index contributed by atoms with van der Waals surface area (Å²) in [5, 5.41) is 0. The highest BCUT2D eigenvalue weighted by Crippen LogP contribution is 2.61. The Balaban J connectivity index is 1.36. The number of ether oxygens (including phenoxy) is 2. The Labute approximate surface area is 222 Å². The third-order valence-corrected chi connectivity index (χ3v) is 9.65. The molecular formula is C33H43NO3. The minimum absolute atomic E-state index is 0.282. The zero-order chi connectivity index (χ0) is 25.3. The van der Waals surface area contributed by atoms with Crippen LogP contribution in [0.3, 0.4) is 0 Å². The first-order valence-corrected chi connectivity index (χ1v) is 14.8. The second-order valence-electron chi connectivity index (χ2n) is 12.0. The van der Waals surface area contributed by atoms with Gasteiger partial charge >= 0.3 is 0 Å². The summed E-state index contributed by atoms with van der Waals surface area (Å²) in [6, 6.07) is 17.7. The van der Waals surface area contributed by atoms with Crippen molar-refractivity contribution in [2.45, 2.75) is 94.6 Å². The SMILES string of the molecule is CCCCOc1cccc2c1[C@@]13CCN(CC4CC4)C(C2)[C@]1(OCCCc1ccccc1)CCC(=O)C3. The maximum absolute atomic E-state index is 13.2. The summed E-state index contributed by atoms with van der Waals surface area (Å²) in [5.41, 5.74) is 3.47. The lowest BCUT2D eigenvalue weighted by atomic mass is 9.49. The van der Waals surface area contributed by atoms with Gasteiger partial charge in [0.2, 0.25) is 0 Å². The van der Waals surface area contributed by atoms with Gasteiger partial charge in [-0.3, -0.25) is 9.69 Å². The lowest BCUT2D eigenvalue weighted by Crippen LogP contribution is -2.74. The quantitative estimate of drug-likeness (QED) is 0.340. The van der Waals surface area contributed by atoms with Gasteiger partial charge in [-0.2, -0.15) is 0 Å². The number of unbranched alkanes of at least 4 members (excludes halogenated alkanes) is 1. The van der Waals surface area contributed by atoms with E-state index in [1.54, 1.807) is 0 Å². The summed E-state index contributed by atoms with van der Waals surface area (Å²) in [6.07, 6.45) is 11.0. The first-order valence-electron chi connectivity index (χ1n) is 14.8. The molecule has 198 valence electrons. The normalized spacial score (nSPS) is 29.0. The second kappa shape index (κ2) is 10.5. The Bertz CT molecular complexity index is 1100. The third kappa shape index (κ3) is 4.65. The molecule has 0 aromatic heterocycles. The first kappa shape index (κ1) is 25.1. The number of hydrogen-bond donors (Lipinski definition) is 0. The first-order chi connectivity index (χ1) is 18.1. The van der Waals surface area contributed by atoms with Crippen molar-refractivity contribution >= 4 is 5.78 Å². The molecule has 1 saturated heterocycles. The van der Waals surface area contributed by atoms with Gasteiger partial charge in [-0.25, -0.2) is 0 Å². The molecule has 3 atom stereocenters. The number of hydrogen-bond acceptors (Lipinski definition) is 4. The van der Waals surface area contributed by atoms with Crippen LogP contribution in [0, 0.1) is 5.92 Å². The van der Waals surface area contributed by atoms with E-state index < -0.39 is 0 Å².